The van der Waals surface area contributed by atoms with Crippen molar-refractivity contribution < 1.29 is 9.53 Å². The summed E-state index contributed by atoms with van der Waals surface area (Å²) < 4.78 is 5.21. The zero-order chi connectivity index (χ0) is 12.0. The molecule has 2 aliphatic rings. The van der Waals surface area contributed by atoms with E-state index < -0.39 is 5.60 Å². The number of nitrogens with two attached hydrogens (primary N) is 1. The van der Waals surface area contributed by atoms with Gasteiger partial charge in [0.25, 0.3) is 0 Å². The van der Waals surface area contributed by atoms with Gasteiger partial charge in [-0.2, -0.15) is 0 Å². The summed E-state index contributed by atoms with van der Waals surface area (Å²) in [6.07, 6.45) is 4.10. The van der Waals surface area contributed by atoms with Gasteiger partial charge < -0.3 is 15.8 Å². The quantitative estimate of drug-likeness (QED) is 0.716. The predicted octanol–water partition coefficient (Wildman–Crippen LogP) is 1.78. The minimum absolute atomic E-state index is 0.265. The molecule has 4 heteroatoms. The van der Waals surface area contributed by atoms with Crippen LogP contribution in [0.1, 0.15) is 46.5 Å². The normalized spacial score (nSPS) is 37.5. The second-order valence-electron chi connectivity index (χ2n) is 6.26. The van der Waals surface area contributed by atoms with Crippen LogP contribution in [0.4, 0.5) is 4.79 Å². The maximum Gasteiger partial charge on any atom is 0.407 e. The average Bonchev–Trinajstić information content (AvgIpc) is 2.04. The maximum atomic E-state index is 11.5. The summed E-state index contributed by atoms with van der Waals surface area (Å²) in [5.41, 5.74) is 5.90. The number of carbonyl (C=O) groups is 1. The van der Waals surface area contributed by atoms with E-state index in [2.05, 4.69) is 5.32 Å². The molecule has 2 fully saturated rings. The first-order valence-electron chi connectivity index (χ1n) is 6.06. The molecule has 0 aromatic rings. The van der Waals surface area contributed by atoms with Crippen LogP contribution in [-0.2, 0) is 4.74 Å². The van der Waals surface area contributed by atoms with Crippen molar-refractivity contribution >= 4 is 6.09 Å². The minimum atomic E-state index is -0.418. The molecule has 0 aliphatic heterocycles. The highest BCUT2D eigenvalue weighted by atomic mass is 16.6. The van der Waals surface area contributed by atoms with Crippen LogP contribution in [0.5, 0.6) is 0 Å². The molecule has 1 unspecified atom stereocenters. The number of ether oxygens (including phenoxy) is 1. The van der Waals surface area contributed by atoms with Crippen molar-refractivity contribution in [2.75, 3.05) is 0 Å². The van der Waals surface area contributed by atoms with Gasteiger partial charge in [0.1, 0.15) is 5.60 Å². The summed E-state index contributed by atoms with van der Waals surface area (Å²) in [7, 11) is 0. The Labute approximate surface area is 96.9 Å². The fourth-order valence-electron chi connectivity index (χ4n) is 2.72. The van der Waals surface area contributed by atoms with Crippen LogP contribution in [-0.4, -0.2) is 23.8 Å². The van der Waals surface area contributed by atoms with Crippen molar-refractivity contribution in [2.24, 2.45) is 11.1 Å². The molecule has 2 rings (SSSR count). The Hall–Kier alpha value is -0.770. The predicted molar refractivity (Wildman–Crippen MR) is 62.0 cm³/mol. The molecule has 0 aromatic heterocycles. The van der Waals surface area contributed by atoms with Gasteiger partial charge in [0.15, 0.2) is 0 Å². The highest BCUT2D eigenvalue weighted by molar-refractivity contribution is 5.68. The van der Waals surface area contributed by atoms with Gasteiger partial charge in [-0.05, 0) is 51.9 Å². The van der Waals surface area contributed by atoms with Crippen LogP contribution in [0.15, 0.2) is 0 Å². The molecule has 1 atom stereocenters. The largest absolute Gasteiger partial charge is 0.444 e. The van der Waals surface area contributed by atoms with Gasteiger partial charge in [-0.15, -0.1) is 0 Å². The lowest BCUT2D eigenvalue weighted by molar-refractivity contribution is -0.0305. The molecule has 2 saturated carbocycles. The van der Waals surface area contributed by atoms with E-state index >= 15 is 0 Å². The van der Waals surface area contributed by atoms with E-state index in [-0.39, 0.29) is 12.1 Å². The van der Waals surface area contributed by atoms with Crippen molar-refractivity contribution in [1.29, 1.82) is 0 Å². The zero-order valence-corrected chi connectivity index (χ0v) is 10.4. The molecule has 3 N–H and O–H groups in total. The summed E-state index contributed by atoms with van der Waals surface area (Å²) >= 11 is 0. The standard InChI is InChI=1S/C12H22N2O2/c1-11(2,3)16-10(15)14-8-6-12(7-8)5-4-9(12)13/h8-9H,4-7,13H2,1-3H3,(H,14,15). The number of carbonyl (C=O) groups excluding carboxylic acids is 1. The number of alkyl carbamates (subject to hydrolysis) is 1. The maximum absolute atomic E-state index is 11.5. The van der Waals surface area contributed by atoms with Crippen LogP contribution >= 0.6 is 0 Å². The van der Waals surface area contributed by atoms with E-state index in [0.29, 0.717) is 11.5 Å². The molecule has 16 heavy (non-hydrogen) atoms. The molecule has 4 nitrogen and oxygen atoms in total. The fourth-order valence-corrected chi connectivity index (χ4v) is 2.72. The van der Waals surface area contributed by atoms with Crippen molar-refractivity contribution in [1.82, 2.24) is 5.32 Å². The van der Waals surface area contributed by atoms with Crippen LogP contribution in [0.25, 0.3) is 0 Å². The first-order valence-corrected chi connectivity index (χ1v) is 6.06. The van der Waals surface area contributed by atoms with Gasteiger partial charge in [0.2, 0.25) is 0 Å². The highest BCUT2D eigenvalue weighted by Gasteiger charge is 2.54. The number of hydrogen-bond donors (Lipinski definition) is 2. The number of hydrogen-bond acceptors (Lipinski definition) is 3. The molecular weight excluding hydrogens is 204 g/mol. The Kier molecular flexibility index (Phi) is 2.65. The Morgan fingerprint density at radius 1 is 1.44 bits per heavy atom. The topological polar surface area (TPSA) is 64.3 Å². The van der Waals surface area contributed by atoms with Crippen LogP contribution in [0, 0.1) is 5.41 Å². The third kappa shape index (κ3) is 2.17. The molecule has 92 valence electrons. The molecule has 1 spiro atoms. The zero-order valence-electron chi connectivity index (χ0n) is 10.4. The van der Waals surface area contributed by atoms with Crippen molar-refractivity contribution in [3.8, 4) is 0 Å². The minimum Gasteiger partial charge on any atom is -0.444 e. The van der Waals surface area contributed by atoms with Crippen LogP contribution in [0.3, 0.4) is 0 Å². The summed E-state index contributed by atoms with van der Waals surface area (Å²) in [5, 5.41) is 2.90. The Bertz CT molecular complexity index is 290. The monoisotopic (exact) mass is 226 g/mol. The molecule has 0 bridgehead atoms. The van der Waals surface area contributed by atoms with Gasteiger partial charge in [0, 0.05) is 12.1 Å². The Morgan fingerprint density at radius 3 is 2.44 bits per heavy atom. The van der Waals surface area contributed by atoms with Gasteiger partial charge in [-0.1, -0.05) is 0 Å². The first kappa shape index (κ1) is 11.7. The van der Waals surface area contributed by atoms with E-state index in [1.54, 1.807) is 0 Å². The molecule has 1 amide bonds. The summed E-state index contributed by atoms with van der Waals surface area (Å²) in [6.45, 7) is 5.62. The molecular formula is C12H22N2O2. The smallest absolute Gasteiger partial charge is 0.407 e. The third-order valence-electron chi connectivity index (χ3n) is 3.77. The van der Waals surface area contributed by atoms with Gasteiger partial charge >= 0.3 is 6.09 Å². The molecule has 2 aliphatic carbocycles. The molecule has 0 heterocycles. The molecule has 0 saturated heterocycles. The van der Waals surface area contributed by atoms with E-state index in [0.717, 1.165) is 19.3 Å². The molecule has 0 aromatic carbocycles. The lowest BCUT2D eigenvalue weighted by atomic mass is 9.51. The Balaban J connectivity index is 1.71. The third-order valence-corrected chi connectivity index (χ3v) is 3.77. The van der Waals surface area contributed by atoms with Gasteiger partial charge in [-0.3, -0.25) is 0 Å². The first-order chi connectivity index (χ1) is 7.31. The van der Waals surface area contributed by atoms with Gasteiger partial charge in [0.05, 0.1) is 0 Å². The van der Waals surface area contributed by atoms with Crippen molar-refractivity contribution in [2.45, 2.75) is 64.1 Å². The van der Waals surface area contributed by atoms with E-state index in [1.807, 2.05) is 20.8 Å². The number of amides is 1. The second kappa shape index (κ2) is 3.62. The summed E-state index contributed by atoms with van der Waals surface area (Å²) in [5.74, 6) is 0. The SMILES string of the molecule is CC(C)(C)OC(=O)NC1CC2(CCC2N)C1. The van der Waals surface area contributed by atoms with Gasteiger partial charge in [-0.25, -0.2) is 4.79 Å². The van der Waals surface area contributed by atoms with Crippen molar-refractivity contribution in [3.05, 3.63) is 0 Å². The average molecular weight is 226 g/mol. The van der Waals surface area contributed by atoms with E-state index in [4.69, 9.17) is 10.5 Å². The molecule has 0 radical (unpaired) electrons. The highest BCUT2D eigenvalue weighted by Crippen LogP contribution is 2.54. The summed E-state index contributed by atoms with van der Waals surface area (Å²) in [6, 6.07) is 0.616. The Morgan fingerprint density at radius 2 is 2.06 bits per heavy atom. The second-order valence-corrected chi connectivity index (χ2v) is 6.26. The van der Waals surface area contributed by atoms with E-state index in [1.165, 1.54) is 6.42 Å². The van der Waals surface area contributed by atoms with Crippen molar-refractivity contribution in [3.63, 3.8) is 0 Å². The van der Waals surface area contributed by atoms with Crippen LogP contribution in [0.2, 0.25) is 0 Å². The lowest BCUT2D eigenvalue weighted by Crippen LogP contribution is -2.63. The van der Waals surface area contributed by atoms with Crippen LogP contribution < -0.4 is 11.1 Å². The van der Waals surface area contributed by atoms with E-state index in [9.17, 15) is 4.79 Å². The summed E-state index contributed by atoms with van der Waals surface area (Å²) in [4.78, 5) is 11.5. The number of rotatable bonds is 1. The fraction of sp³-hybridized carbons (Fsp3) is 0.917. The lowest BCUT2D eigenvalue weighted by Gasteiger charge is -2.58. The number of nitrogens with one attached hydrogen (secondary N) is 1.